The highest BCUT2D eigenvalue weighted by atomic mass is 19.4. The van der Waals surface area contributed by atoms with E-state index in [0.29, 0.717) is 25.6 Å². The van der Waals surface area contributed by atoms with Crippen molar-refractivity contribution in [3.8, 4) is 0 Å². The molecule has 0 spiro atoms. The number of halogens is 3. The summed E-state index contributed by atoms with van der Waals surface area (Å²) in [5.41, 5.74) is 0. The van der Waals surface area contributed by atoms with Gasteiger partial charge in [-0.25, -0.2) is 0 Å². The van der Waals surface area contributed by atoms with E-state index in [1.54, 1.807) is 12.0 Å². The van der Waals surface area contributed by atoms with Crippen molar-refractivity contribution >= 4 is 0 Å². The molecule has 6 heteroatoms. The first-order valence-corrected chi connectivity index (χ1v) is 6.39. The number of aliphatic hydroxyl groups excluding tert-OH is 1. The number of hydrogen-bond donors (Lipinski definition) is 1. The van der Waals surface area contributed by atoms with Crippen LogP contribution < -0.4 is 0 Å². The van der Waals surface area contributed by atoms with Crippen molar-refractivity contribution < 1.29 is 23.0 Å². The number of β-amino-alcohol motifs (C(OH)–C–C–N with tert-alkyl or cyclic N) is 1. The van der Waals surface area contributed by atoms with Crippen molar-refractivity contribution in [2.24, 2.45) is 5.92 Å². The molecule has 0 aromatic rings. The molecule has 108 valence electrons. The van der Waals surface area contributed by atoms with Crippen LogP contribution in [0, 0.1) is 5.92 Å². The van der Waals surface area contributed by atoms with Gasteiger partial charge in [-0.3, -0.25) is 0 Å². The minimum atomic E-state index is -4.51. The maximum Gasteiger partial charge on any atom is 0.415 e. The Kier molecular flexibility index (Phi) is 6.38. The summed E-state index contributed by atoms with van der Waals surface area (Å²) in [6.07, 6.45) is -2.85. The highest BCUT2D eigenvalue weighted by Gasteiger charge is 2.39. The van der Waals surface area contributed by atoms with Gasteiger partial charge in [-0.1, -0.05) is 0 Å². The predicted octanol–water partition coefficient (Wildman–Crippen LogP) is 2.05. The average Bonchev–Trinajstić information content (AvgIpc) is 2.28. The van der Waals surface area contributed by atoms with Crippen LogP contribution in [-0.4, -0.2) is 55.6 Å². The van der Waals surface area contributed by atoms with E-state index in [1.807, 2.05) is 0 Å². The SMILES string of the molecule is COCCCC1CCCN(CC(O)C(F)(F)F)C1. The molecule has 1 aliphatic rings. The first-order valence-electron chi connectivity index (χ1n) is 6.39. The fraction of sp³-hybridized carbons (Fsp3) is 1.00. The molecule has 1 aliphatic heterocycles. The summed E-state index contributed by atoms with van der Waals surface area (Å²) < 4.78 is 41.7. The molecule has 0 aromatic heterocycles. The second-order valence-corrected chi connectivity index (χ2v) is 4.96. The fourth-order valence-corrected chi connectivity index (χ4v) is 2.42. The maximum absolute atomic E-state index is 12.3. The van der Waals surface area contributed by atoms with E-state index in [9.17, 15) is 13.2 Å². The van der Waals surface area contributed by atoms with Gasteiger partial charge < -0.3 is 14.7 Å². The molecule has 0 radical (unpaired) electrons. The fourth-order valence-electron chi connectivity index (χ4n) is 2.42. The third-order valence-electron chi connectivity index (χ3n) is 3.37. The van der Waals surface area contributed by atoms with E-state index in [-0.39, 0.29) is 6.54 Å². The van der Waals surface area contributed by atoms with Crippen molar-refractivity contribution in [3.05, 3.63) is 0 Å². The van der Waals surface area contributed by atoms with Gasteiger partial charge >= 0.3 is 6.18 Å². The molecule has 0 aliphatic carbocycles. The number of piperidine rings is 1. The Morgan fingerprint density at radius 1 is 1.44 bits per heavy atom. The standard InChI is InChI=1S/C12H22F3NO2/c1-18-7-3-5-10-4-2-6-16(8-10)9-11(17)12(13,14)15/h10-11,17H,2-9H2,1H3. The Labute approximate surface area is 106 Å². The molecule has 1 N–H and O–H groups in total. The third-order valence-corrected chi connectivity index (χ3v) is 3.37. The minimum Gasteiger partial charge on any atom is -0.385 e. The number of alkyl halides is 3. The lowest BCUT2D eigenvalue weighted by molar-refractivity contribution is -0.209. The second kappa shape index (κ2) is 7.31. The molecule has 1 heterocycles. The third kappa shape index (κ3) is 5.54. The Morgan fingerprint density at radius 2 is 2.17 bits per heavy atom. The van der Waals surface area contributed by atoms with Gasteiger partial charge in [0, 0.05) is 26.8 Å². The Hall–Kier alpha value is -0.330. The Balaban J connectivity index is 2.30. The van der Waals surface area contributed by atoms with Crippen LogP contribution in [0.5, 0.6) is 0 Å². The molecule has 0 aromatic carbocycles. The van der Waals surface area contributed by atoms with Crippen molar-refractivity contribution in [2.45, 2.75) is 38.0 Å². The van der Waals surface area contributed by atoms with E-state index in [2.05, 4.69) is 0 Å². The summed E-state index contributed by atoms with van der Waals surface area (Å²) in [4.78, 5) is 1.72. The summed E-state index contributed by atoms with van der Waals surface area (Å²) in [7, 11) is 1.65. The van der Waals surface area contributed by atoms with Crippen LogP contribution in [0.1, 0.15) is 25.7 Å². The Bertz CT molecular complexity index is 236. The molecule has 3 nitrogen and oxygen atoms in total. The zero-order valence-electron chi connectivity index (χ0n) is 10.7. The Morgan fingerprint density at radius 3 is 2.78 bits per heavy atom. The predicted molar refractivity (Wildman–Crippen MR) is 62.3 cm³/mol. The average molecular weight is 269 g/mol. The van der Waals surface area contributed by atoms with E-state index in [0.717, 1.165) is 25.7 Å². The zero-order valence-corrected chi connectivity index (χ0v) is 10.7. The van der Waals surface area contributed by atoms with Crippen molar-refractivity contribution in [1.29, 1.82) is 0 Å². The molecular weight excluding hydrogens is 247 g/mol. The summed E-state index contributed by atoms with van der Waals surface area (Å²) in [5, 5.41) is 9.05. The van der Waals surface area contributed by atoms with Crippen LogP contribution in [0.2, 0.25) is 0 Å². The maximum atomic E-state index is 12.3. The van der Waals surface area contributed by atoms with Crippen molar-refractivity contribution in [2.75, 3.05) is 33.4 Å². The van der Waals surface area contributed by atoms with Gasteiger partial charge in [-0.05, 0) is 38.1 Å². The van der Waals surface area contributed by atoms with E-state index >= 15 is 0 Å². The van der Waals surface area contributed by atoms with E-state index in [4.69, 9.17) is 9.84 Å². The molecule has 18 heavy (non-hydrogen) atoms. The van der Waals surface area contributed by atoms with Gasteiger partial charge in [0.15, 0.2) is 6.10 Å². The molecular formula is C12H22F3NO2. The number of hydrogen-bond acceptors (Lipinski definition) is 3. The van der Waals surface area contributed by atoms with Gasteiger partial charge in [0.1, 0.15) is 0 Å². The van der Waals surface area contributed by atoms with Gasteiger partial charge in [0.25, 0.3) is 0 Å². The van der Waals surface area contributed by atoms with Gasteiger partial charge in [-0.15, -0.1) is 0 Å². The van der Waals surface area contributed by atoms with Crippen molar-refractivity contribution in [1.82, 2.24) is 4.90 Å². The molecule has 1 rings (SSSR count). The quantitative estimate of drug-likeness (QED) is 0.749. The zero-order chi connectivity index (χ0) is 13.6. The minimum absolute atomic E-state index is 0.301. The summed E-state index contributed by atoms with van der Waals surface area (Å²) in [5.74, 6) is 0.425. The van der Waals surface area contributed by atoms with Gasteiger partial charge in [0.05, 0.1) is 0 Å². The first kappa shape index (κ1) is 15.7. The smallest absolute Gasteiger partial charge is 0.385 e. The number of ether oxygens (including phenoxy) is 1. The lowest BCUT2D eigenvalue weighted by Gasteiger charge is -2.34. The van der Waals surface area contributed by atoms with Crippen molar-refractivity contribution in [3.63, 3.8) is 0 Å². The van der Waals surface area contributed by atoms with Crippen LogP contribution in [0.25, 0.3) is 0 Å². The van der Waals surface area contributed by atoms with E-state index in [1.165, 1.54) is 0 Å². The second-order valence-electron chi connectivity index (χ2n) is 4.96. The number of rotatable bonds is 6. The number of aliphatic hydroxyl groups is 1. The summed E-state index contributed by atoms with van der Waals surface area (Å²) in [6.45, 7) is 1.69. The van der Waals surface area contributed by atoms with Crippen LogP contribution in [0.4, 0.5) is 13.2 Å². The van der Waals surface area contributed by atoms with E-state index < -0.39 is 12.3 Å². The summed E-state index contributed by atoms with van der Waals surface area (Å²) >= 11 is 0. The highest BCUT2D eigenvalue weighted by Crippen LogP contribution is 2.25. The lowest BCUT2D eigenvalue weighted by atomic mass is 9.93. The molecule has 0 saturated carbocycles. The normalized spacial score (nSPS) is 24.2. The first-order chi connectivity index (χ1) is 8.43. The van der Waals surface area contributed by atoms with Crippen LogP contribution in [0.15, 0.2) is 0 Å². The van der Waals surface area contributed by atoms with Gasteiger partial charge in [0.2, 0.25) is 0 Å². The number of nitrogens with zero attached hydrogens (tertiary/aromatic N) is 1. The van der Waals surface area contributed by atoms with Crippen LogP contribution >= 0.6 is 0 Å². The molecule has 2 atom stereocenters. The number of methoxy groups -OCH3 is 1. The molecule has 1 saturated heterocycles. The molecule has 0 bridgehead atoms. The molecule has 0 amide bonds. The number of likely N-dealkylation sites (tertiary alicyclic amines) is 1. The van der Waals surface area contributed by atoms with Crippen LogP contribution in [0.3, 0.4) is 0 Å². The highest BCUT2D eigenvalue weighted by molar-refractivity contribution is 4.77. The topological polar surface area (TPSA) is 32.7 Å². The molecule has 1 fully saturated rings. The van der Waals surface area contributed by atoms with Gasteiger partial charge in [-0.2, -0.15) is 13.2 Å². The lowest BCUT2D eigenvalue weighted by Crippen LogP contribution is -2.45. The summed E-state index contributed by atoms with van der Waals surface area (Å²) in [6, 6.07) is 0. The monoisotopic (exact) mass is 269 g/mol. The molecule has 2 unspecified atom stereocenters. The van der Waals surface area contributed by atoms with Crippen LogP contribution in [-0.2, 0) is 4.74 Å². The largest absolute Gasteiger partial charge is 0.415 e.